The fourth-order valence-corrected chi connectivity index (χ4v) is 2.96. The lowest BCUT2D eigenvalue weighted by molar-refractivity contribution is -0.890. The van der Waals surface area contributed by atoms with Crippen LogP contribution in [0.1, 0.15) is 32.8 Å². The average molecular weight is 417 g/mol. The summed E-state index contributed by atoms with van der Waals surface area (Å²) >= 11 is 0. The Balaban J connectivity index is 2.55. The summed E-state index contributed by atoms with van der Waals surface area (Å²) in [5.74, 6) is -0.905. The standard InChI is InChI=1S/C23H34N3O4/c1-6-25(7-2)22-11-9-20(10-12-22)17-21(18-24)23(28)30-15-8-13-26(4,5)14-16-29-19(3)27/h9-12,17H,6-8,13-16H2,1-5H3/q+1/b21-17+. The van der Waals surface area contributed by atoms with Gasteiger partial charge >= 0.3 is 11.9 Å². The van der Waals surface area contributed by atoms with E-state index in [1.54, 1.807) is 6.08 Å². The molecule has 164 valence electrons. The Morgan fingerprint density at radius 2 is 1.70 bits per heavy atom. The third-order valence-electron chi connectivity index (χ3n) is 4.82. The lowest BCUT2D eigenvalue weighted by Gasteiger charge is -2.29. The molecule has 0 saturated heterocycles. The minimum absolute atomic E-state index is 0.0193. The van der Waals surface area contributed by atoms with Crippen LogP contribution >= 0.6 is 0 Å². The third kappa shape index (κ3) is 9.10. The number of hydrogen-bond donors (Lipinski definition) is 0. The van der Waals surface area contributed by atoms with Crippen LogP contribution in [0.4, 0.5) is 5.69 Å². The van der Waals surface area contributed by atoms with Crippen molar-refractivity contribution in [3.8, 4) is 6.07 Å². The van der Waals surface area contributed by atoms with Gasteiger partial charge in [-0.15, -0.1) is 0 Å². The Labute approximate surface area is 180 Å². The average Bonchev–Trinajstić information content (AvgIpc) is 2.70. The number of anilines is 1. The molecule has 0 amide bonds. The molecule has 0 spiro atoms. The van der Waals surface area contributed by atoms with Crippen molar-refractivity contribution >= 4 is 23.7 Å². The Bertz CT molecular complexity index is 760. The molecule has 1 aromatic rings. The number of nitrogens with zero attached hydrogens (tertiary/aromatic N) is 3. The molecule has 0 aromatic heterocycles. The molecule has 30 heavy (non-hydrogen) atoms. The number of ether oxygens (including phenoxy) is 2. The number of benzene rings is 1. The maximum absolute atomic E-state index is 12.2. The van der Waals surface area contributed by atoms with Gasteiger partial charge in [-0.2, -0.15) is 5.26 Å². The molecule has 0 fully saturated rings. The van der Waals surface area contributed by atoms with E-state index in [2.05, 4.69) is 18.7 Å². The van der Waals surface area contributed by atoms with Crippen molar-refractivity contribution < 1.29 is 23.5 Å². The van der Waals surface area contributed by atoms with Crippen LogP contribution in [0.3, 0.4) is 0 Å². The van der Waals surface area contributed by atoms with Crippen molar-refractivity contribution in [3.63, 3.8) is 0 Å². The smallest absolute Gasteiger partial charge is 0.348 e. The van der Waals surface area contributed by atoms with Gasteiger partial charge in [0.25, 0.3) is 0 Å². The summed E-state index contributed by atoms with van der Waals surface area (Å²) < 4.78 is 10.9. The van der Waals surface area contributed by atoms with E-state index in [1.165, 1.54) is 6.92 Å². The number of nitriles is 1. The highest BCUT2D eigenvalue weighted by Crippen LogP contribution is 2.17. The summed E-state index contributed by atoms with van der Waals surface area (Å²) in [6.45, 7) is 9.44. The Morgan fingerprint density at radius 1 is 1.07 bits per heavy atom. The lowest BCUT2D eigenvalue weighted by atomic mass is 10.1. The van der Waals surface area contributed by atoms with Crippen molar-refractivity contribution in [1.29, 1.82) is 5.26 Å². The molecule has 0 saturated carbocycles. The van der Waals surface area contributed by atoms with E-state index in [0.29, 0.717) is 24.1 Å². The second-order valence-corrected chi connectivity index (χ2v) is 7.65. The van der Waals surface area contributed by atoms with Crippen LogP contribution in [0.2, 0.25) is 0 Å². The van der Waals surface area contributed by atoms with Crippen molar-refractivity contribution in [2.45, 2.75) is 27.2 Å². The number of quaternary nitrogens is 1. The van der Waals surface area contributed by atoms with Gasteiger partial charge in [0, 0.05) is 32.1 Å². The van der Waals surface area contributed by atoms with Crippen LogP contribution in [0.25, 0.3) is 6.08 Å². The van der Waals surface area contributed by atoms with E-state index in [0.717, 1.165) is 30.9 Å². The number of esters is 2. The molecule has 7 heteroatoms. The highest BCUT2D eigenvalue weighted by Gasteiger charge is 2.16. The molecule has 0 aliphatic heterocycles. The number of rotatable bonds is 12. The fourth-order valence-electron chi connectivity index (χ4n) is 2.96. The van der Waals surface area contributed by atoms with E-state index in [4.69, 9.17) is 9.47 Å². The molecule has 0 radical (unpaired) electrons. The predicted molar refractivity (Wildman–Crippen MR) is 118 cm³/mol. The molecule has 0 atom stereocenters. The van der Waals surface area contributed by atoms with E-state index >= 15 is 0 Å². The first-order valence-electron chi connectivity index (χ1n) is 10.3. The molecule has 0 bridgehead atoms. The highest BCUT2D eigenvalue weighted by molar-refractivity contribution is 5.97. The van der Waals surface area contributed by atoms with Gasteiger partial charge in [-0.3, -0.25) is 4.79 Å². The number of likely N-dealkylation sites (N-methyl/N-ethyl adjacent to an activating group) is 1. The molecule has 7 nitrogen and oxygen atoms in total. The van der Waals surface area contributed by atoms with Gasteiger partial charge in [0.15, 0.2) is 0 Å². The summed E-state index contributed by atoms with van der Waals surface area (Å²) in [6.07, 6.45) is 2.20. The van der Waals surface area contributed by atoms with Crippen LogP contribution in [-0.2, 0) is 19.1 Å². The van der Waals surface area contributed by atoms with Crippen LogP contribution in [0, 0.1) is 11.3 Å². The van der Waals surface area contributed by atoms with Crippen LogP contribution in [-0.4, -0.2) is 69.9 Å². The van der Waals surface area contributed by atoms with Crippen LogP contribution < -0.4 is 4.90 Å². The Kier molecular flexibility index (Phi) is 10.6. The summed E-state index contributed by atoms with van der Waals surface area (Å²) in [6, 6.07) is 9.67. The number of carbonyl (C=O) groups excluding carboxylic acids is 2. The molecular formula is C23H34N3O4+. The normalized spacial score (nSPS) is 11.5. The van der Waals surface area contributed by atoms with Gasteiger partial charge in [0.05, 0.1) is 27.2 Å². The quantitative estimate of drug-likeness (QED) is 0.171. The van der Waals surface area contributed by atoms with Gasteiger partial charge in [-0.1, -0.05) is 12.1 Å². The van der Waals surface area contributed by atoms with E-state index in [1.807, 2.05) is 44.4 Å². The first-order chi connectivity index (χ1) is 14.2. The summed E-state index contributed by atoms with van der Waals surface area (Å²) in [5, 5.41) is 9.33. The summed E-state index contributed by atoms with van der Waals surface area (Å²) in [5.41, 5.74) is 1.87. The number of carbonyl (C=O) groups is 2. The van der Waals surface area contributed by atoms with Gasteiger partial charge < -0.3 is 18.9 Å². The number of hydrogen-bond acceptors (Lipinski definition) is 6. The molecule has 1 rings (SSSR count). The topological polar surface area (TPSA) is 79.6 Å². The highest BCUT2D eigenvalue weighted by atomic mass is 16.5. The largest absolute Gasteiger partial charge is 0.461 e. The molecular weight excluding hydrogens is 382 g/mol. The van der Waals surface area contributed by atoms with Crippen molar-refractivity contribution in [2.75, 3.05) is 58.4 Å². The van der Waals surface area contributed by atoms with Crippen molar-refractivity contribution in [1.82, 2.24) is 0 Å². The Hall–Kier alpha value is -2.85. The second kappa shape index (κ2) is 12.7. The predicted octanol–water partition coefficient (Wildman–Crippen LogP) is 3.01. The van der Waals surface area contributed by atoms with Crippen LogP contribution in [0.5, 0.6) is 0 Å². The minimum Gasteiger partial charge on any atom is -0.461 e. The zero-order valence-electron chi connectivity index (χ0n) is 18.8. The molecule has 0 heterocycles. The monoisotopic (exact) mass is 416 g/mol. The maximum Gasteiger partial charge on any atom is 0.348 e. The molecule has 0 unspecified atom stereocenters. The van der Waals surface area contributed by atoms with E-state index in [9.17, 15) is 14.9 Å². The maximum atomic E-state index is 12.2. The van der Waals surface area contributed by atoms with Crippen molar-refractivity contribution in [2.24, 2.45) is 0 Å². The zero-order chi connectivity index (χ0) is 22.6. The second-order valence-electron chi connectivity index (χ2n) is 7.65. The first-order valence-corrected chi connectivity index (χ1v) is 10.3. The van der Waals surface area contributed by atoms with E-state index in [-0.39, 0.29) is 18.1 Å². The minimum atomic E-state index is -0.615. The van der Waals surface area contributed by atoms with Gasteiger partial charge in [-0.05, 0) is 37.6 Å². The zero-order valence-corrected chi connectivity index (χ0v) is 18.8. The molecule has 0 aliphatic carbocycles. The third-order valence-corrected chi connectivity index (χ3v) is 4.82. The van der Waals surface area contributed by atoms with E-state index < -0.39 is 5.97 Å². The van der Waals surface area contributed by atoms with Gasteiger partial charge in [0.2, 0.25) is 0 Å². The van der Waals surface area contributed by atoms with Crippen molar-refractivity contribution in [3.05, 3.63) is 35.4 Å². The van der Waals surface area contributed by atoms with Gasteiger partial charge in [0.1, 0.15) is 24.8 Å². The fraction of sp³-hybridized carbons (Fsp3) is 0.522. The summed E-state index contributed by atoms with van der Waals surface area (Å²) in [4.78, 5) is 25.3. The SMILES string of the molecule is CCN(CC)c1ccc(/C=C(\C#N)C(=O)OCCC[N+](C)(C)CCOC(C)=O)cc1. The molecule has 0 N–H and O–H groups in total. The lowest BCUT2D eigenvalue weighted by Crippen LogP contribution is -2.43. The molecule has 0 aliphatic rings. The first kappa shape index (κ1) is 25.2. The van der Waals surface area contributed by atoms with Crippen LogP contribution in [0.15, 0.2) is 29.8 Å². The van der Waals surface area contributed by atoms with Gasteiger partial charge in [-0.25, -0.2) is 4.79 Å². The summed E-state index contributed by atoms with van der Waals surface area (Å²) in [7, 11) is 4.04. The Morgan fingerprint density at radius 3 is 2.23 bits per heavy atom. The molecule has 1 aromatic carbocycles.